The van der Waals surface area contributed by atoms with E-state index in [1.54, 1.807) is 25.2 Å². The Morgan fingerprint density at radius 3 is 3.11 bits per heavy atom. The van der Waals surface area contributed by atoms with Gasteiger partial charge in [0, 0.05) is 19.2 Å². The molecule has 1 aromatic carbocycles. The molecule has 1 unspecified atom stereocenters. The van der Waals surface area contributed by atoms with Crippen molar-refractivity contribution in [2.75, 3.05) is 31.7 Å². The minimum Gasteiger partial charge on any atom is -0.392 e. The smallest absolute Gasteiger partial charge is 0.244 e. The predicted molar refractivity (Wildman–Crippen MR) is 73.4 cm³/mol. The van der Waals surface area contributed by atoms with Gasteiger partial charge in [-0.3, -0.25) is 4.79 Å². The second kappa shape index (κ2) is 6.23. The fourth-order valence-electron chi connectivity index (χ4n) is 2.26. The number of rotatable bonds is 3. The summed E-state index contributed by atoms with van der Waals surface area (Å²) in [5.41, 5.74) is 1.42. The molecule has 0 saturated carbocycles. The van der Waals surface area contributed by atoms with Gasteiger partial charge in [-0.25, -0.2) is 0 Å². The summed E-state index contributed by atoms with van der Waals surface area (Å²) in [4.78, 5) is 13.8. The molecular weight excluding hydrogens is 268 g/mol. The molecule has 0 radical (unpaired) electrons. The monoisotopic (exact) mass is 284 g/mol. The van der Waals surface area contributed by atoms with Gasteiger partial charge in [0.1, 0.15) is 6.04 Å². The van der Waals surface area contributed by atoms with Crippen molar-refractivity contribution in [3.63, 3.8) is 0 Å². The quantitative estimate of drug-likeness (QED) is 0.861. The lowest BCUT2D eigenvalue weighted by Crippen LogP contribution is -2.53. The maximum atomic E-state index is 11.9. The van der Waals surface area contributed by atoms with Gasteiger partial charge in [0.05, 0.1) is 30.5 Å². The largest absolute Gasteiger partial charge is 0.392 e. The zero-order valence-electron chi connectivity index (χ0n) is 10.7. The lowest BCUT2D eigenvalue weighted by atomic mass is 10.1. The molecule has 1 saturated heterocycles. The number of hydrogen-bond donors (Lipinski definition) is 2. The number of morpholine rings is 1. The molecule has 5 nitrogen and oxygen atoms in total. The average molecular weight is 285 g/mol. The number of carbonyl (C=O) groups is 1. The Labute approximate surface area is 117 Å². The molecule has 0 bridgehead atoms. The van der Waals surface area contributed by atoms with Crippen LogP contribution in [0.4, 0.5) is 5.69 Å². The van der Waals surface area contributed by atoms with Gasteiger partial charge in [-0.15, -0.1) is 0 Å². The van der Waals surface area contributed by atoms with Crippen molar-refractivity contribution in [2.24, 2.45) is 0 Å². The molecule has 1 aliphatic heterocycles. The number of para-hydroxylation sites is 1. The van der Waals surface area contributed by atoms with E-state index in [4.69, 9.17) is 16.3 Å². The van der Waals surface area contributed by atoms with Crippen LogP contribution in [0.2, 0.25) is 5.02 Å². The third kappa shape index (κ3) is 2.83. The van der Waals surface area contributed by atoms with E-state index in [1.165, 1.54) is 0 Å². The SMILES string of the molecule is CNC(=O)C1COCCN1c1c(Cl)cccc1CO. The third-order valence-electron chi connectivity index (χ3n) is 3.21. The highest BCUT2D eigenvalue weighted by Crippen LogP contribution is 2.32. The molecule has 0 spiro atoms. The minimum absolute atomic E-state index is 0.117. The summed E-state index contributed by atoms with van der Waals surface area (Å²) in [6.45, 7) is 1.29. The molecule has 1 atom stereocenters. The number of halogens is 1. The molecule has 0 aromatic heterocycles. The van der Waals surface area contributed by atoms with Crippen LogP contribution in [0.3, 0.4) is 0 Å². The van der Waals surface area contributed by atoms with Crippen molar-refractivity contribution in [1.29, 1.82) is 0 Å². The van der Waals surface area contributed by atoms with Crippen LogP contribution >= 0.6 is 11.6 Å². The lowest BCUT2D eigenvalue weighted by Gasteiger charge is -2.37. The molecule has 1 aromatic rings. The zero-order valence-corrected chi connectivity index (χ0v) is 11.5. The number of aliphatic hydroxyl groups excluding tert-OH is 1. The first-order valence-corrected chi connectivity index (χ1v) is 6.51. The van der Waals surface area contributed by atoms with E-state index in [0.29, 0.717) is 36.0 Å². The Morgan fingerprint density at radius 1 is 1.63 bits per heavy atom. The van der Waals surface area contributed by atoms with Crippen LogP contribution in [0.25, 0.3) is 0 Å². The van der Waals surface area contributed by atoms with E-state index in [2.05, 4.69) is 5.32 Å². The molecule has 1 amide bonds. The number of nitrogens with zero attached hydrogens (tertiary/aromatic N) is 1. The van der Waals surface area contributed by atoms with Crippen molar-refractivity contribution >= 4 is 23.2 Å². The van der Waals surface area contributed by atoms with Gasteiger partial charge in [0.15, 0.2) is 0 Å². The van der Waals surface area contributed by atoms with Crippen LogP contribution in [0.15, 0.2) is 18.2 Å². The van der Waals surface area contributed by atoms with Crippen molar-refractivity contribution in [3.8, 4) is 0 Å². The minimum atomic E-state index is -0.427. The summed E-state index contributed by atoms with van der Waals surface area (Å²) in [5.74, 6) is -0.122. The molecule has 6 heteroatoms. The summed E-state index contributed by atoms with van der Waals surface area (Å²) in [5, 5.41) is 12.6. The van der Waals surface area contributed by atoms with Crippen molar-refractivity contribution in [1.82, 2.24) is 5.32 Å². The second-order valence-corrected chi connectivity index (χ2v) is 4.71. The summed E-state index contributed by atoms with van der Waals surface area (Å²) in [7, 11) is 1.59. The first-order valence-electron chi connectivity index (χ1n) is 6.13. The Hall–Kier alpha value is -1.30. The number of carbonyl (C=O) groups excluding carboxylic acids is 1. The van der Waals surface area contributed by atoms with Crippen LogP contribution in [-0.4, -0.2) is 43.9 Å². The van der Waals surface area contributed by atoms with Crippen LogP contribution < -0.4 is 10.2 Å². The molecule has 1 aliphatic rings. The van der Waals surface area contributed by atoms with E-state index < -0.39 is 6.04 Å². The summed E-state index contributed by atoms with van der Waals surface area (Å²) < 4.78 is 5.36. The number of benzene rings is 1. The number of amides is 1. The van der Waals surface area contributed by atoms with E-state index in [9.17, 15) is 9.90 Å². The van der Waals surface area contributed by atoms with Crippen molar-refractivity contribution in [2.45, 2.75) is 12.6 Å². The maximum absolute atomic E-state index is 11.9. The molecule has 0 aliphatic carbocycles. The van der Waals surface area contributed by atoms with Crippen LogP contribution in [0.5, 0.6) is 0 Å². The number of ether oxygens (including phenoxy) is 1. The van der Waals surface area contributed by atoms with Gasteiger partial charge in [0.2, 0.25) is 5.91 Å². The van der Waals surface area contributed by atoms with E-state index in [-0.39, 0.29) is 12.5 Å². The van der Waals surface area contributed by atoms with Crippen LogP contribution in [-0.2, 0) is 16.1 Å². The Morgan fingerprint density at radius 2 is 2.42 bits per heavy atom. The number of anilines is 1. The molecule has 1 heterocycles. The number of nitrogens with one attached hydrogen (secondary N) is 1. The number of aliphatic hydroxyl groups is 1. The topological polar surface area (TPSA) is 61.8 Å². The predicted octanol–water partition coefficient (Wildman–Crippen LogP) is 0.783. The number of hydrogen-bond acceptors (Lipinski definition) is 4. The Bertz CT molecular complexity index is 467. The fourth-order valence-corrected chi connectivity index (χ4v) is 2.57. The number of likely N-dealkylation sites (N-methyl/N-ethyl adjacent to an activating group) is 1. The van der Waals surface area contributed by atoms with Crippen molar-refractivity contribution in [3.05, 3.63) is 28.8 Å². The molecule has 2 N–H and O–H groups in total. The summed E-state index contributed by atoms with van der Waals surface area (Å²) in [6, 6.07) is 4.92. The normalized spacial score (nSPS) is 19.3. The zero-order chi connectivity index (χ0) is 13.8. The van der Waals surface area contributed by atoms with Gasteiger partial charge in [-0.05, 0) is 6.07 Å². The maximum Gasteiger partial charge on any atom is 0.244 e. The average Bonchev–Trinajstić information content (AvgIpc) is 2.46. The Kier molecular flexibility index (Phi) is 4.63. The molecular formula is C13H17ClN2O3. The molecule has 19 heavy (non-hydrogen) atoms. The van der Waals surface area contributed by atoms with E-state index in [0.717, 1.165) is 0 Å². The van der Waals surface area contributed by atoms with Gasteiger partial charge in [-0.1, -0.05) is 23.7 Å². The van der Waals surface area contributed by atoms with Gasteiger partial charge in [-0.2, -0.15) is 0 Å². The molecule has 1 fully saturated rings. The second-order valence-electron chi connectivity index (χ2n) is 4.30. The van der Waals surface area contributed by atoms with Crippen LogP contribution in [0.1, 0.15) is 5.56 Å². The van der Waals surface area contributed by atoms with Gasteiger partial charge < -0.3 is 20.1 Å². The standard InChI is InChI=1S/C13H17ClN2O3/c1-15-13(18)11-8-19-6-5-16(11)12-9(7-17)3-2-4-10(12)14/h2-4,11,17H,5-8H2,1H3,(H,15,18). The first kappa shape index (κ1) is 14.1. The third-order valence-corrected chi connectivity index (χ3v) is 3.51. The summed E-state index contributed by atoms with van der Waals surface area (Å²) in [6.07, 6.45) is 0. The highest BCUT2D eigenvalue weighted by atomic mass is 35.5. The van der Waals surface area contributed by atoms with Gasteiger partial charge in [0.25, 0.3) is 0 Å². The highest BCUT2D eigenvalue weighted by molar-refractivity contribution is 6.33. The van der Waals surface area contributed by atoms with Crippen LogP contribution in [0, 0.1) is 0 Å². The lowest BCUT2D eigenvalue weighted by molar-refractivity contribution is -0.124. The highest BCUT2D eigenvalue weighted by Gasteiger charge is 2.31. The fraction of sp³-hybridized carbons (Fsp3) is 0.462. The first-order chi connectivity index (χ1) is 9.19. The van der Waals surface area contributed by atoms with Crippen molar-refractivity contribution < 1.29 is 14.6 Å². The molecule has 104 valence electrons. The summed E-state index contributed by atoms with van der Waals surface area (Å²) >= 11 is 6.23. The van der Waals surface area contributed by atoms with E-state index >= 15 is 0 Å². The molecule has 2 rings (SSSR count). The van der Waals surface area contributed by atoms with Gasteiger partial charge >= 0.3 is 0 Å². The van der Waals surface area contributed by atoms with E-state index in [1.807, 2.05) is 4.90 Å². The Balaban J connectivity index is 2.40.